The molecule has 0 aliphatic heterocycles. The van der Waals surface area contributed by atoms with Crippen molar-refractivity contribution < 1.29 is 9.90 Å². The second-order valence-electron chi connectivity index (χ2n) is 5.08. The van der Waals surface area contributed by atoms with Gasteiger partial charge in [0.05, 0.1) is 5.69 Å². The summed E-state index contributed by atoms with van der Waals surface area (Å²) in [6, 6.07) is 10.6. The molecule has 0 aliphatic rings. The number of aromatic hydroxyl groups is 1. The second kappa shape index (κ2) is 5.48. The molecule has 0 fully saturated rings. The molecule has 0 saturated carbocycles. The van der Waals surface area contributed by atoms with Crippen molar-refractivity contribution in [3.05, 3.63) is 59.9 Å². The summed E-state index contributed by atoms with van der Waals surface area (Å²) in [4.78, 5) is 16.1. The third kappa shape index (κ3) is 2.09. The van der Waals surface area contributed by atoms with E-state index in [1.54, 1.807) is 18.3 Å². The molecule has 0 amide bonds. The van der Waals surface area contributed by atoms with Gasteiger partial charge in [-0.3, -0.25) is 9.36 Å². The molecule has 0 atom stereocenters. The number of pyridine rings is 1. The van der Waals surface area contributed by atoms with Crippen molar-refractivity contribution in [2.24, 2.45) is 0 Å². The van der Waals surface area contributed by atoms with Crippen molar-refractivity contribution in [2.45, 2.75) is 13.8 Å². The average molecular weight is 292 g/mol. The number of aromatic nitrogens is 2. The van der Waals surface area contributed by atoms with Gasteiger partial charge in [0.15, 0.2) is 6.29 Å². The number of benzene rings is 1. The van der Waals surface area contributed by atoms with E-state index in [2.05, 4.69) is 4.98 Å². The number of aldehydes is 1. The Kier molecular flexibility index (Phi) is 3.51. The van der Waals surface area contributed by atoms with Gasteiger partial charge in [0, 0.05) is 22.8 Å². The number of nitrogens with zero attached hydrogens (tertiary/aromatic N) is 2. The van der Waals surface area contributed by atoms with Crippen LogP contribution in [0, 0.1) is 0 Å². The lowest BCUT2D eigenvalue weighted by Gasteiger charge is -2.11. The number of carbonyl (C=O) groups is 1. The van der Waals surface area contributed by atoms with Gasteiger partial charge in [-0.05, 0) is 55.8 Å². The van der Waals surface area contributed by atoms with Crippen molar-refractivity contribution in [1.82, 2.24) is 9.55 Å². The van der Waals surface area contributed by atoms with E-state index in [9.17, 15) is 9.90 Å². The zero-order chi connectivity index (χ0) is 15.7. The molecule has 0 spiro atoms. The summed E-state index contributed by atoms with van der Waals surface area (Å²) in [5.41, 5.74) is 4.04. The number of allylic oxidation sites excluding steroid dienone is 2. The molecule has 1 N–H and O–H groups in total. The van der Waals surface area contributed by atoms with Gasteiger partial charge >= 0.3 is 0 Å². The summed E-state index contributed by atoms with van der Waals surface area (Å²) in [6.45, 7) is 3.91. The number of carbonyl (C=O) groups excluding carboxylic acids is 1. The van der Waals surface area contributed by atoms with Crippen LogP contribution in [-0.2, 0) is 0 Å². The zero-order valence-corrected chi connectivity index (χ0v) is 12.4. The maximum atomic E-state index is 11.7. The Morgan fingerprint density at radius 3 is 2.59 bits per heavy atom. The van der Waals surface area contributed by atoms with E-state index in [-0.39, 0.29) is 5.75 Å². The van der Waals surface area contributed by atoms with E-state index in [1.807, 2.05) is 48.8 Å². The number of phenolic OH excluding ortho intramolecular Hbond substituents is 1. The molecule has 4 nitrogen and oxygen atoms in total. The lowest BCUT2D eigenvalue weighted by Crippen LogP contribution is -2.01. The predicted octanol–water partition coefficient (Wildman–Crippen LogP) is 3.97. The molecule has 0 radical (unpaired) electrons. The van der Waals surface area contributed by atoms with Gasteiger partial charge in [0.1, 0.15) is 11.4 Å². The maximum Gasteiger partial charge on any atom is 0.152 e. The molecule has 1 aromatic carbocycles. The van der Waals surface area contributed by atoms with Crippen molar-refractivity contribution in [1.29, 1.82) is 0 Å². The molecule has 4 heteroatoms. The highest BCUT2D eigenvalue weighted by molar-refractivity contribution is 6.02. The Hall–Kier alpha value is -2.88. The third-order valence-corrected chi connectivity index (χ3v) is 3.80. The summed E-state index contributed by atoms with van der Waals surface area (Å²) in [5, 5.41) is 10.3. The van der Waals surface area contributed by atoms with Gasteiger partial charge in [-0.25, -0.2) is 4.98 Å². The summed E-state index contributed by atoms with van der Waals surface area (Å²) in [6.07, 6.45) is 4.56. The van der Waals surface area contributed by atoms with Crippen LogP contribution in [0.15, 0.2) is 48.7 Å². The van der Waals surface area contributed by atoms with E-state index in [4.69, 9.17) is 0 Å². The first-order valence-corrected chi connectivity index (χ1v) is 7.04. The minimum atomic E-state index is 0.202. The van der Waals surface area contributed by atoms with Gasteiger partial charge in [-0.1, -0.05) is 6.08 Å². The average Bonchev–Trinajstić information content (AvgIpc) is 2.89. The van der Waals surface area contributed by atoms with Gasteiger partial charge in [-0.2, -0.15) is 0 Å². The van der Waals surface area contributed by atoms with E-state index in [1.165, 1.54) is 0 Å². The molecule has 0 saturated heterocycles. The fraction of sp³-hybridized carbons (Fsp3) is 0.111. The van der Waals surface area contributed by atoms with Crippen LogP contribution in [0.4, 0.5) is 0 Å². The molecule has 2 aromatic heterocycles. The Morgan fingerprint density at radius 1 is 1.23 bits per heavy atom. The fourth-order valence-electron chi connectivity index (χ4n) is 2.64. The monoisotopic (exact) mass is 292 g/mol. The Labute approximate surface area is 128 Å². The molecule has 3 aromatic rings. The number of hydrogen-bond donors (Lipinski definition) is 1. The first kappa shape index (κ1) is 14.1. The van der Waals surface area contributed by atoms with Gasteiger partial charge in [0.25, 0.3) is 0 Å². The summed E-state index contributed by atoms with van der Waals surface area (Å²) in [5.74, 6) is 0.202. The number of rotatable bonds is 3. The van der Waals surface area contributed by atoms with Crippen LogP contribution in [0.2, 0.25) is 0 Å². The number of fused-ring (bicyclic) bond motifs is 1. The van der Waals surface area contributed by atoms with Crippen molar-refractivity contribution in [3.8, 4) is 11.4 Å². The highest BCUT2D eigenvalue weighted by Gasteiger charge is 2.19. The van der Waals surface area contributed by atoms with Gasteiger partial charge in [-0.15, -0.1) is 0 Å². The zero-order valence-electron chi connectivity index (χ0n) is 12.4. The van der Waals surface area contributed by atoms with Gasteiger partial charge < -0.3 is 5.11 Å². The van der Waals surface area contributed by atoms with Crippen LogP contribution in [0.5, 0.6) is 5.75 Å². The van der Waals surface area contributed by atoms with Gasteiger partial charge in [0.2, 0.25) is 0 Å². The summed E-state index contributed by atoms with van der Waals surface area (Å²) in [7, 11) is 0. The largest absolute Gasteiger partial charge is 0.508 e. The van der Waals surface area contributed by atoms with E-state index < -0.39 is 0 Å². The molecule has 0 aliphatic carbocycles. The lowest BCUT2D eigenvalue weighted by molar-refractivity contribution is 0.112. The van der Waals surface area contributed by atoms with Crippen LogP contribution in [0.25, 0.3) is 22.3 Å². The quantitative estimate of drug-likeness (QED) is 0.743. The minimum absolute atomic E-state index is 0.202. The summed E-state index contributed by atoms with van der Waals surface area (Å²) >= 11 is 0. The van der Waals surface area contributed by atoms with Crippen LogP contribution >= 0.6 is 0 Å². The Balaban J connectivity index is 2.46. The molecule has 0 bridgehead atoms. The first-order chi connectivity index (χ1) is 10.7. The predicted molar refractivity (Wildman–Crippen MR) is 87.4 cm³/mol. The van der Waals surface area contributed by atoms with E-state index in [0.717, 1.165) is 34.3 Å². The molecule has 2 heterocycles. The smallest absolute Gasteiger partial charge is 0.152 e. The topological polar surface area (TPSA) is 55.1 Å². The van der Waals surface area contributed by atoms with Crippen LogP contribution in [-0.4, -0.2) is 20.9 Å². The Bertz CT molecular complexity index is 874. The number of phenols is 1. The molecular weight excluding hydrogens is 276 g/mol. The minimum Gasteiger partial charge on any atom is -0.508 e. The standard InChI is InChI=1S/C18H16N2O2/c1-3-12(2)17-16(11-21)15-5-4-10-19-18(15)20(17)13-6-8-14(22)9-7-13/h3-11,22H,1-2H3. The van der Waals surface area contributed by atoms with Crippen LogP contribution in [0.1, 0.15) is 29.9 Å². The van der Waals surface area contributed by atoms with Crippen molar-refractivity contribution in [2.75, 3.05) is 0 Å². The molecule has 22 heavy (non-hydrogen) atoms. The highest BCUT2D eigenvalue weighted by Crippen LogP contribution is 2.32. The molecule has 0 unspecified atom stereocenters. The molecular formula is C18H16N2O2. The first-order valence-electron chi connectivity index (χ1n) is 7.04. The fourth-order valence-corrected chi connectivity index (χ4v) is 2.64. The van der Waals surface area contributed by atoms with Crippen LogP contribution < -0.4 is 0 Å². The van der Waals surface area contributed by atoms with Crippen LogP contribution in [0.3, 0.4) is 0 Å². The highest BCUT2D eigenvalue weighted by atomic mass is 16.3. The van der Waals surface area contributed by atoms with Crippen molar-refractivity contribution in [3.63, 3.8) is 0 Å². The second-order valence-corrected chi connectivity index (χ2v) is 5.08. The normalized spacial score (nSPS) is 11.8. The maximum absolute atomic E-state index is 11.7. The van der Waals surface area contributed by atoms with E-state index in [0.29, 0.717) is 5.56 Å². The number of hydrogen-bond acceptors (Lipinski definition) is 3. The van der Waals surface area contributed by atoms with Crippen molar-refractivity contribution >= 4 is 22.9 Å². The third-order valence-electron chi connectivity index (χ3n) is 3.80. The summed E-state index contributed by atoms with van der Waals surface area (Å²) < 4.78 is 1.95. The SMILES string of the molecule is CC=C(C)c1c(C=O)c2cccnc2n1-c1ccc(O)cc1. The molecule has 3 rings (SSSR count). The van der Waals surface area contributed by atoms with E-state index >= 15 is 0 Å². The lowest BCUT2D eigenvalue weighted by atomic mass is 10.1. The Morgan fingerprint density at radius 2 is 1.95 bits per heavy atom. The molecule has 110 valence electrons.